The molecule has 0 unspecified atom stereocenters. The molecule has 0 fully saturated rings. The number of aromatic nitrogens is 2. The molecule has 0 radical (unpaired) electrons. The number of benzene rings is 2. The molecule has 1 amide bonds. The lowest BCUT2D eigenvalue weighted by molar-refractivity contribution is 0.0419. The maximum Gasteiger partial charge on any atom is 0.358 e. The molecule has 0 spiro atoms. The van der Waals surface area contributed by atoms with Crippen LogP contribution < -0.4 is 14.8 Å². The number of esters is 1. The third-order valence-electron chi connectivity index (χ3n) is 5.46. The van der Waals surface area contributed by atoms with Crippen LogP contribution in [0.5, 0.6) is 11.5 Å². The topological polar surface area (TPSA) is 91.7 Å². The molecule has 0 aliphatic heterocycles. The van der Waals surface area contributed by atoms with E-state index in [0.29, 0.717) is 28.4 Å². The van der Waals surface area contributed by atoms with Gasteiger partial charge in [-0.25, -0.2) is 4.79 Å². The first-order valence-electron chi connectivity index (χ1n) is 10.5. The third kappa shape index (κ3) is 5.52. The average molecular weight is 452 g/mol. The number of nitrogens with one attached hydrogen (secondary N) is 1. The van der Waals surface area contributed by atoms with Crippen molar-refractivity contribution < 1.29 is 23.8 Å². The first kappa shape index (κ1) is 23.8. The second kappa shape index (κ2) is 9.77. The Labute approximate surface area is 193 Å². The number of nitrogens with zero attached hydrogens (tertiary/aromatic N) is 2. The molecule has 0 bridgehead atoms. The normalized spacial score (nSPS) is 11.1. The Morgan fingerprint density at radius 3 is 2.24 bits per heavy atom. The van der Waals surface area contributed by atoms with Gasteiger partial charge in [-0.15, -0.1) is 0 Å². The highest BCUT2D eigenvalue weighted by molar-refractivity contribution is 6.04. The highest BCUT2D eigenvalue weighted by Crippen LogP contribution is 2.29. The second-order valence-corrected chi connectivity index (χ2v) is 8.36. The fraction of sp³-hybridized carbons (Fsp3) is 0.320. The third-order valence-corrected chi connectivity index (χ3v) is 5.46. The van der Waals surface area contributed by atoms with E-state index in [0.717, 1.165) is 11.3 Å². The van der Waals surface area contributed by atoms with Gasteiger partial charge in [0.25, 0.3) is 5.91 Å². The quantitative estimate of drug-likeness (QED) is 0.518. The Kier molecular flexibility index (Phi) is 7.06. The molecule has 1 heterocycles. The summed E-state index contributed by atoms with van der Waals surface area (Å²) < 4.78 is 17.6. The molecule has 33 heavy (non-hydrogen) atoms. The fourth-order valence-electron chi connectivity index (χ4n) is 3.25. The minimum absolute atomic E-state index is 0.193. The largest absolute Gasteiger partial charge is 0.493 e. The molecule has 1 aromatic heterocycles. The number of rotatable bonds is 8. The highest BCUT2D eigenvalue weighted by atomic mass is 16.5. The molecule has 2 aromatic carbocycles. The lowest BCUT2D eigenvalue weighted by atomic mass is 9.85. The monoisotopic (exact) mass is 451 g/mol. The Morgan fingerprint density at radius 1 is 1.00 bits per heavy atom. The number of amides is 1. The molecule has 0 saturated heterocycles. The molecular formula is C25H29N3O5. The first-order valence-corrected chi connectivity index (χ1v) is 10.5. The van der Waals surface area contributed by atoms with Gasteiger partial charge in [0.05, 0.1) is 14.2 Å². The molecule has 8 heteroatoms. The molecule has 0 aliphatic carbocycles. The van der Waals surface area contributed by atoms with Gasteiger partial charge in [-0.2, -0.15) is 5.10 Å². The molecule has 0 aliphatic rings. The smallest absolute Gasteiger partial charge is 0.358 e. The van der Waals surface area contributed by atoms with E-state index in [1.807, 2.05) is 45.0 Å². The molecule has 174 valence electrons. The number of methoxy groups -OCH3 is 2. The number of anilines is 1. The zero-order chi connectivity index (χ0) is 24.2. The summed E-state index contributed by atoms with van der Waals surface area (Å²) in [5.41, 5.74) is 2.82. The number of hydrogen-bond acceptors (Lipinski definition) is 6. The maximum atomic E-state index is 12.6. The molecule has 8 nitrogen and oxygen atoms in total. The SMILES string of the molecule is COc1ccc(C(=O)Nc2ccc(C(C)(C)COC(=O)c3cc(C)n(C)n3)cc2)cc1OC. The van der Waals surface area contributed by atoms with Crippen LogP contribution in [0.1, 0.15) is 46.0 Å². The number of aryl methyl sites for hydroxylation is 2. The van der Waals surface area contributed by atoms with Gasteiger partial charge < -0.3 is 19.5 Å². The van der Waals surface area contributed by atoms with Crippen molar-refractivity contribution in [3.8, 4) is 11.5 Å². The Balaban J connectivity index is 1.63. The lowest BCUT2D eigenvalue weighted by Crippen LogP contribution is -2.26. The van der Waals surface area contributed by atoms with Crippen molar-refractivity contribution in [2.75, 3.05) is 26.1 Å². The number of carbonyl (C=O) groups is 2. The summed E-state index contributed by atoms with van der Waals surface area (Å²) in [6, 6.07) is 14.1. The van der Waals surface area contributed by atoms with E-state index in [2.05, 4.69) is 10.4 Å². The second-order valence-electron chi connectivity index (χ2n) is 8.36. The van der Waals surface area contributed by atoms with E-state index in [4.69, 9.17) is 14.2 Å². The van der Waals surface area contributed by atoms with Crippen LogP contribution in [0.4, 0.5) is 5.69 Å². The van der Waals surface area contributed by atoms with Crippen LogP contribution in [0, 0.1) is 6.92 Å². The summed E-state index contributed by atoms with van der Waals surface area (Å²) >= 11 is 0. The van der Waals surface area contributed by atoms with Crippen LogP contribution in [0.2, 0.25) is 0 Å². The van der Waals surface area contributed by atoms with Gasteiger partial charge >= 0.3 is 5.97 Å². The van der Waals surface area contributed by atoms with Crippen LogP contribution in [0.15, 0.2) is 48.5 Å². The van der Waals surface area contributed by atoms with Crippen molar-refractivity contribution in [2.24, 2.45) is 7.05 Å². The summed E-state index contributed by atoms with van der Waals surface area (Å²) in [4.78, 5) is 25.0. The van der Waals surface area contributed by atoms with Crippen molar-refractivity contribution in [3.63, 3.8) is 0 Å². The van der Waals surface area contributed by atoms with Gasteiger partial charge in [-0.3, -0.25) is 9.48 Å². The molecule has 0 saturated carbocycles. The van der Waals surface area contributed by atoms with Gasteiger partial charge in [0.15, 0.2) is 17.2 Å². The zero-order valence-corrected chi connectivity index (χ0v) is 19.8. The minimum Gasteiger partial charge on any atom is -0.493 e. The van der Waals surface area contributed by atoms with Gasteiger partial charge in [0.1, 0.15) is 6.61 Å². The predicted octanol–water partition coefficient (Wildman–Crippen LogP) is 4.13. The van der Waals surface area contributed by atoms with E-state index < -0.39 is 11.4 Å². The zero-order valence-electron chi connectivity index (χ0n) is 19.8. The Hall–Kier alpha value is -3.81. The van der Waals surface area contributed by atoms with Crippen LogP contribution >= 0.6 is 0 Å². The van der Waals surface area contributed by atoms with Crippen molar-refractivity contribution in [3.05, 3.63) is 71.0 Å². The van der Waals surface area contributed by atoms with Crippen molar-refractivity contribution in [1.82, 2.24) is 9.78 Å². The van der Waals surface area contributed by atoms with Crippen molar-refractivity contribution >= 4 is 17.6 Å². The average Bonchev–Trinajstić information content (AvgIpc) is 3.15. The van der Waals surface area contributed by atoms with Crippen LogP contribution in [0.3, 0.4) is 0 Å². The number of ether oxygens (including phenoxy) is 3. The van der Waals surface area contributed by atoms with Crippen LogP contribution in [-0.2, 0) is 17.2 Å². The summed E-state index contributed by atoms with van der Waals surface area (Å²) in [5.74, 6) is 0.324. The first-order chi connectivity index (χ1) is 15.6. The fourth-order valence-corrected chi connectivity index (χ4v) is 3.25. The summed E-state index contributed by atoms with van der Waals surface area (Å²) in [6.07, 6.45) is 0. The summed E-state index contributed by atoms with van der Waals surface area (Å²) in [6.45, 7) is 6.04. The molecular weight excluding hydrogens is 422 g/mol. The van der Waals surface area contributed by atoms with Gasteiger partial charge in [0.2, 0.25) is 0 Å². The summed E-state index contributed by atoms with van der Waals surface area (Å²) in [7, 11) is 4.84. The van der Waals surface area contributed by atoms with E-state index >= 15 is 0 Å². The predicted molar refractivity (Wildman–Crippen MR) is 125 cm³/mol. The highest BCUT2D eigenvalue weighted by Gasteiger charge is 2.24. The van der Waals surface area contributed by atoms with E-state index in [-0.39, 0.29) is 12.5 Å². The van der Waals surface area contributed by atoms with E-state index in [1.54, 1.807) is 43.1 Å². The van der Waals surface area contributed by atoms with Crippen molar-refractivity contribution in [1.29, 1.82) is 0 Å². The summed E-state index contributed by atoms with van der Waals surface area (Å²) in [5, 5.41) is 7.03. The molecule has 1 N–H and O–H groups in total. The lowest BCUT2D eigenvalue weighted by Gasteiger charge is -2.25. The minimum atomic E-state index is -0.453. The molecule has 3 rings (SSSR count). The molecule has 0 atom stereocenters. The van der Waals surface area contributed by atoms with Gasteiger partial charge in [-0.05, 0) is 48.9 Å². The Morgan fingerprint density at radius 2 is 1.67 bits per heavy atom. The maximum absolute atomic E-state index is 12.6. The van der Waals surface area contributed by atoms with E-state index in [9.17, 15) is 9.59 Å². The van der Waals surface area contributed by atoms with Crippen LogP contribution in [-0.4, -0.2) is 42.5 Å². The number of hydrogen-bond donors (Lipinski definition) is 1. The van der Waals surface area contributed by atoms with E-state index in [1.165, 1.54) is 7.11 Å². The van der Waals surface area contributed by atoms with Crippen molar-refractivity contribution in [2.45, 2.75) is 26.2 Å². The molecule has 3 aromatic rings. The van der Waals surface area contributed by atoms with Crippen LogP contribution in [0.25, 0.3) is 0 Å². The number of carbonyl (C=O) groups excluding carboxylic acids is 2. The Bertz CT molecular complexity index is 1130. The standard InChI is InChI=1S/C25H29N3O5/c1-16-13-20(27-28(16)4)24(30)33-15-25(2,3)18-8-10-19(11-9-18)26-23(29)17-7-12-21(31-5)22(14-17)32-6/h7-14H,15H2,1-6H3,(H,26,29). The van der Waals surface area contributed by atoms with Gasteiger partial charge in [-0.1, -0.05) is 26.0 Å². The van der Waals surface area contributed by atoms with Gasteiger partial charge in [0, 0.05) is 29.4 Å².